The van der Waals surface area contributed by atoms with Crippen LogP contribution in [0.4, 0.5) is 0 Å². The van der Waals surface area contributed by atoms with E-state index in [0.717, 1.165) is 18.5 Å². The molecule has 2 atom stereocenters. The molecule has 2 fully saturated rings. The summed E-state index contributed by atoms with van der Waals surface area (Å²) in [5.74, 6) is -0.296. The van der Waals surface area contributed by atoms with Gasteiger partial charge >= 0.3 is 5.97 Å². The van der Waals surface area contributed by atoms with E-state index < -0.39 is 11.4 Å². The summed E-state index contributed by atoms with van der Waals surface area (Å²) < 4.78 is 5.72. The van der Waals surface area contributed by atoms with Gasteiger partial charge in [0, 0.05) is 24.9 Å². The van der Waals surface area contributed by atoms with Gasteiger partial charge in [0.05, 0.1) is 6.10 Å². The van der Waals surface area contributed by atoms with Gasteiger partial charge in [-0.25, -0.2) is 0 Å². The molecule has 18 heavy (non-hydrogen) atoms. The summed E-state index contributed by atoms with van der Waals surface area (Å²) >= 11 is 0. The Morgan fingerprint density at radius 3 is 2.94 bits per heavy atom. The van der Waals surface area contributed by atoms with Crippen molar-refractivity contribution in [1.82, 2.24) is 4.98 Å². The number of carboxylic acids is 1. The number of carboxylic acid groups (broad SMARTS) is 1. The Bertz CT molecular complexity index is 444. The first-order valence-corrected chi connectivity index (χ1v) is 6.47. The van der Waals surface area contributed by atoms with Crippen LogP contribution in [0.3, 0.4) is 0 Å². The Hall–Kier alpha value is -1.42. The number of ether oxygens (including phenoxy) is 1. The van der Waals surface area contributed by atoms with E-state index in [0.29, 0.717) is 25.4 Å². The van der Waals surface area contributed by atoms with E-state index in [4.69, 9.17) is 4.74 Å². The van der Waals surface area contributed by atoms with E-state index >= 15 is 0 Å². The Morgan fingerprint density at radius 2 is 2.33 bits per heavy atom. The van der Waals surface area contributed by atoms with Crippen LogP contribution in [-0.2, 0) is 16.0 Å². The largest absolute Gasteiger partial charge is 0.481 e. The third kappa shape index (κ3) is 1.90. The predicted octanol–water partition coefficient (Wildman–Crippen LogP) is 1.89. The first-order chi connectivity index (χ1) is 8.72. The molecule has 0 spiro atoms. The van der Waals surface area contributed by atoms with Crippen LogP contribution in [0, 0.1) is 11.3 Å². The molecule has 3 rings (SSSR count). The van der Waals surface area contributed by atoms with Crippen LogP contribution in [0.15, 0.2) is 24.4 Å². The number of nitrogens with zero attached hydrogens (tertiary/aromatic N) is 1. The molecule has 4 nitrogen and oxygen atoms in total. The van der Waals surface area contributed by atoms with Crippen LogP contribution >= 0.6 is 0 Å². The molecule has 2 aliphatic rings. The summed E-state index contributed by atoms with van der Waals surface area (Å²) in [6, 6.07) is 5.65. The number of hydrogen-bond acceptors (Lipinski definition) is 3. The van der Waals surface area contributed by atoms with E-state index in [9.17, 15) is 9.90 Å². The van der Waals surface area contributed by atoms with Crippen molar-refractivity contribution in [3.8, 4) is 0 Å². The molecule has 4 heteroatoms. The van der Waals surface area contributed by atoms with Gasteiger partial charge < -0.3 is 9.84 Å². The second-order valence-electron chi connectivity index (χ2n) is 5.34. The standard InChI is InChI=1S/C14H17NO3/c16-13(17)14(9-11-3-1-2-7-15-11)6-8-18-12(14)10-4-5-10/h1-3,7,10,12H,4-6,8-9H2,(H,16,17). The summed E-state index contributed by atoms with van der Waals surface area (Å²) in [7, 11) is 0. The molecule has 1 aliphatic heterocycles. The van der Waals surface area contributed by atoms with Crippen molar-refractivity contribution in [2.75, 3.05) is 6.61 Å². The average Bonchev–Trinajstić information content (AvgIpc) is 3.12. The fourth-order valence-corrected chi connectivity index (χ4v) is 2.98. The van der Waals surface area contributed by atoms with Crippen molar-refractivity contribution in [3.05, 3.63) is 30.1 Å². The van der Waals surface area contributed by atoms with Gasteiger partial charge in [0.25, 0.3) is 0 Å². The van der Waals surface area contributed by atoms with E-state index in [2.05, 4.69) is 4.98 Å². The lowest BCUT2D eigenvalue weighted by Crippen LogP contribution is -2.42. The third-order valence-corrected chi connectivity index (χ3v) is 4.09. The van der Waals surface area contributed by atoms with Gasteiger partial charge in [0.2, 0.25) is 0 Å². The first kappa shape index (κ1) is 11.7. The van der Waals surface area contributed by atoms with Gasteiger partial charge in [-0.2, -0.15) is 0 Å². The SMILES string of the molecule is O=C(O)C1(Cc2ccccn2)CCOC1C1CC1. The molecule has 1 aromatic heterocycles. The number of rotatable bonds is 4. The Labute approximate surface area is 106 Å². The fraction of sp³-hybridized carbons (Fsp3) is 0.571. The number of pyridine rings is 1. The van der Waals surface area contributed by atoms with Gasteiger partial charge in [-0.1, -0.05) is 6.07 Å². The highest BCUT2D eigenvalue weighted by Gasteiger charge is 2.55. The average molecular weight is 247 g/mol. The van der Waals surface area contributed by atoms with Crippen molar-refractivity contribution >= 4 is 5.97 Å². The quantitative estimate of drug-likeness (QED) is 0.882. The maximum Gasteiger partial charge on any atom is 0.312 e. The molecule has 1 aliphatic carbocycles. The monoisotopic (exact) mass is 247 g/mol. The van der Waals surface area contributed by atoms with Crippen molar-refractivity contribution in [3.63, 3.8) is 0 Å². The van der Waals surface area contributed by atoms with Crippen LogP contribution in [0.1, 0.15) is 25.0 Å². The van der Waals surface area contributed by atoms with Crippen LogP contribution in [0.5, 0.6) is 0 Å². The molecule has 0 bridgehead atoms. The van der Waals surface area contributed by atoms with Crippen molar-refractivity contribution in [2.45, 2.75) is 31.8 Å². The maximum absolute atomic E-state index is 11.8. The first-order valence-electron chi connectivity index (χ1n) is 6.47. The predicted molar refractivity (Wildman–Crippen MR) is 65.1 cm³/mol. The maximum atomic E-state index is 11.8. The molecule has 1 saturated heterocycles. The summed E-state index contributed by atoms with van der Waals surface area (Å²) in [4.78, 5) is 16.0. The Kier molecular flexibility index (Phi) is 2.82. The lowest BCUT2D eigenvalue weighted by atomic mass is 9.75. The van der Waals surface area contributed by atoms with Gasteiger partial charge in [-0.05, 0) is 37.3 Å². The number of aromatic nitrogens is 1. The van der Waals surface area contributed by atoms with Crippen LogP contribution in [-0.4, -0.2) is 28.8 Å². The van der Waals surface area contributed by atoms with Crippen LogP contribution in [0.25, 0.3) is 0 Å². The van der Waals surface area contributed by atoms with Crippen molar-refractivity contribution in [2.24, 2.45) is 11.3 Å². The highest BCUT2D eigenvalue weighted by molar-refractivity contribution is 5.76. The minimum Gasteiger partial charge on any atom is -0.481 e. The zero-order valence-electron chi connectivity index (χ0n) is 10.2. The van der Waals surface area contributed by atoms with Gasteiger partial charge in [-0.15, -0.1) is 0 Å². The summed E-state index contributed by atoms with van der Waals surface area (Å²) in [6.45, 7) is 0.556. The minimum absolute atomic E-state index is 0.128. The zero-order chi connectivity index (χ0) is 12.6. The number of aliphatic carboxylic acids is 1. The van der Waals surface area contributed by atoms with Gasteiger partial charge in [0.15, 0.2) is 0 Å². The highest BCUT2D eigenvalue weighted by atomic mass is 16.5. The lowest BCUT2D eigenvalue weighted by molar-refractivity contribution is -0.153. The summed E-state index contributed by atoms with van der Waals surface area (Å²) in [5, 5.41) is 9.66. The molecule has 1 N–H and O–H groups in total. The Balaban J connectivity index is 1.89. The van der Waals surface area contributed by atoms with E-state index in [1.165, 1.54) is 0 Å². The second-order valence-corrected chi connectivity index (χ2v) is 5.34. The van der Waals surface area contributed by atoms with Gasteiger partial charge in [-0.3, -0.25) is 9.78 Å². The normalized spacial score (nSPS) is 31.4. The molecule has 1 aromatic rings. The lowest BCUT2D eigenvalue weighted by Gasteiger charge is -2.29. The molecule has 0 radical (unpaired) electrons. The zero-order valence-corrected chi connectivity index (χ0v) is 10.2. The smallest absolute Gasteiger partial charge is 0.312 e. The van der Waals surface area contributed by atoms with Crippen molar-refractivity contribution < 1.29 is 14.6 Å². The van der Waals surface area contributed by atoms with Gasteiger partial charge in [0.1, 0.15) is 5.41 Å². The molecular formula is C14H17NO3. The molecule has 2 unspecified atom stereocenters. The summed E-state index contributed by atoms with van der Waals surface area (Å²) in [6.07, 6.45) is 4.86. The van der Waals surface area contributed by atoms with Crippen LogP contribution < -0.4 is 0 Å². The van der Waals surface area contributed by atoms with Crippen LogP contribution in [0.2, 0.25) is 0 Å². The molecule has 2 heterocycles. The molecule has 0 amide bonds. The molecule has 1 saturated carbocycles. The second kappa shape index (κ2) is 4.35. The molecular weight excluding hydrogens is 230 g/mol. The van der Waals surface area contributed by atoms with E-state index in [1.807, 2.05) is 18.2 Å². The third-order valence-electron chi connectivity index (χ3n) is 4.09. The summed E-state index contributed by atoms with van der Waals surface area (Å²) in [5.41, 5.74) is 0.0752. The van der Waals surface area contributed by atoms with E-state index in [-0.39, 0.29) is 6.10 Å². The topological polar surface area (TPSA) is 59.4 Å². The molecule has 0 aromatic carbocycles. The highest BCUT2D eigenvalue weighted by Crippen LogP contribution is 2.49. The fourth-order valence-electron chi connectivity index (χ4n) is 2.98. The number of hydrogen-bond donors (Lipinski definition) is 1. The number of carbonyl (C=O) groups is 1. The minimum atomic E-state index is -0.768. The van der Waals surface area contributed by atoms with E-state index in [1.54, 1.807) is 6.20 Å². The molecule has 96 valence electrons. The van der Waals surface area contributed by atoms with Crippen molar-refractivity contribution in [1.29, 1.82) is 0 Å². The Morgan fingerprint density at radius 1 is 1.50 bits per heavy atom.